The maximum absolute atomic E-state index is 11.0. The van der Waals surface area contributed by atoms with E-state index in [-0.39, 0.29) is 5.54 Å². The molecule has 1 aromatic heterocycles. The minimum atomic E-state index is -0.426. The number of aromatic amines is 1. The topological polar surface area (TPSA) is 84.0 Å². The first-order valence-corrected chi connectivity index (χ1v) is 5.30. The van der Waals surface area contributed by atoms with E-state index in [1.807, 2.05) is 12.1 Å². The second-order valence-corrected chi connectivity index (χ2v) is 4.44. The molecule has 5 nitrogen and oxygen atoms in total. The SMILES string of the molecule is NC1(CNc2ccc3oc(=O)[nH]c3c2)CC1. The number of anilines is 1. The molecule has 5 heteroatoms. The van der Waals surface area contributed by atoms with Crippen LogP contribution in [0.25, 0.3) is 11.1 Å². The fourth-order valence-electron chi connectivity index (χ4n) is 1.68. The van der Waals surface area contributed by atoms with Gasteiger partial charge in [0.2, 0.25) is 0 Å². The molecule has 84 valence electrons. The molecule has 0 radical (unpaired) electrons. The Morgan fingerprint density at radius 1 is 1.50 bits per heavy atom. The third kappa shape index (κ3) is 1.69. The minimum absolute atomic E-state index is 0.0290. The lowest BCUT2D eigenvalue weighted by Crippen LogP contribution is -2.30. The summed E-state index contributed by atoms with van der Waals surface area (Å²) in [6, 6.07) is 5.50. The van der Waals surface area contributed by atoms with Gasteiger partial charge in [-0.2, -0.15) is 0 Å². The Morgan fingerprint density at radius 2 is 2.31 bits per heavy atom. The van der Waals surface area contributed by atoms with E-state index >= 15 is 0 Å². The average Bonchev–Trinajstić information content (AvgIpc) is 2.87. The molecule has 1 aliphatic carbocycles. The van der Waals surface area contributed by atoms with Crippen LogP contribution in [0.2, 0.25) is 0 Å². The molecule has 1 fully saturated rings. The van der Waals surface area contributed by atoms with Crippen molar-refractivity contribution in [2.24, 2.45) is 5.73 Å². The van der Waals surface area contributed by atoms with Gasteiger partial charge in [-0.05, 0) is 31.0 Å². The van der Waals surface area contributed by atoms with Crippen LogP contribution in [0.1, 0.15) is 12.8 Å². The van der Waals surface area contributed by atoms with Gasteiger partial charge in [-0.25, -0.2) is 4.79 Å². The second-order valence-electron chi connectivity index (χ2n) is 4.44. The van der Waals surface area contributed by atoms with Crippen LogP contribution in [0.4, 0.5) is 5.69 Å². The van der Waals surface area contributed by atoms with Crippen LogP contribution >= 0.6 is 0 Å². The smallest absolute Gasteiger partial charge is 0.408 e. The van der Waals surface area contributed by atoms with Crippen molar-refractivity contribution in [3.8, 4) is 0 Å². The zero-order chi connectivity index (χ0) is 11.2. The third-order valence-electron chi connectivity index (χ3n) is 2.96. The van der Waals surface area contributed by atoms with Crippen LogP contribution in [0.15, 0.2) is 27.4 Å². The number of rotatable bonds is 3. The molecule has 3 rings (SSSR count). The Balaban J connectivity index is 1.84. The van der Waals surface area contributed by atoms with Crippen molar-refractivity contribution < 1.29 is 4.42 Å². The molecule has 0 amide bonds. The highest BCUT2D eigenvalue weighted by Crippen LogP contribution is 2.32. The Morgan fingerprint density at radius 3 is 3.06 bits per heavy atom. The van der Waals surface area contributed by atoms with Crippen molar-refractivity contribution in [2.75, 3.05) is 11.9 Å². The van der Waals surface area contributed by atoms with Crippen LogP contribution in [-0.4, -0.2) is 17.1 Å². The molecule has 0 bridgehead atoms. The number of hydrogen-bond acceptors (Lipinski definition) is 4. The zero-order valence-electron chi connectivity index (χ0n) is 8.75. The number of fused-ring (bicyclic) bond motifs is 1. The van der Waals surface area contributed by atoms with Gasteiger partial charge in [0.05, 0.1) is 5.52 Å². The molecular weight excluding hydrogens is 206 g/mol. The van der Waals surface area contributed by atoms with Gasteiger partial charge in [0.1, 0.15) is 0 Å². The van der Waals surface area contributed by atoms with E-state index in [0.717, 1.165) is 25.1 Å². The average molecular weight is 219 g/mol. The van der Waals surface area contributed by atoms with Gasteiger partial charge in [0.25, 0.3) is 0 Å². The van der Waals surface area contributed by atoms with Crippen molar-refractivity contribution in [3.05, 3.63) is 28.7 Å². The monoisotopic (exact) mass is 219 g/mol. The zero-order valence-corrected chi connectivity index (χ0v) is 8.75. The molecule has 1 aliphatic rings. The summed E-state index contributed by atoms with van der Waals surface area (Å²) in [7, 11) is 0. The molecule has 1 aromatic carbocycles. The van der Waals surface area contributed by atoms with E-state index in [4.69, 9.17) is 10.2 Å². The van der Waals surface area contributed by atoms with E-state index in [9.17, 15) is 4.79 Å². The van der Waals surface area contributed by atoms with Gasteiger partial charge >= 0.3 is 5.76 Å². The largest absolute Gasteiger partial charge is 0.417 e. The number of benzene rings is 1. The summed E-state index contributed by atoms with van der Waals surface area (Å²) in [5, 5.41) is 3.26. The number of oxazole rings is 1. The maximum atomic E-state index is 11.0. The van der Waals surface area contributed by atoms with E-state index < -0.39 is 5.76 Å². The Bertz CT molecular complexity index is 580. The summed E-state index contributed by atoms with van der Waals surface area (Å²) < 4.78 is 4.92. The van der Waals surface area contributed by atoms with E-state index in [2.05, 4.69) is 10.3 Å². The number of aromatic nitrogens is 1. The van der Waals surface area contributed by atoms with Gasteiger partial charge in [-0.3, -0.25) is 4.98 Å². The molecule has 16 heavy (non-hydrogen) atoms. The number of H-pyrrole nitrogens is 1. The molecule has 0 spiro atoms. The van der Waals surface area contributed by atoms with Crippen molar-refractivity contribution in [2.45, 2.75) is 18.4 Å². The molecule has 0 atom stereocenters. The van der Waals surface area contributed by atoms with Crippen LogP contribution in [0.5, 0.6) is 0 Å². The van der Waals surface area contributed by atoms with Crippen LogP contribution in [0.3, 0.4) is 0 Å². The lowest BCUT2D eigenvalue weighted by molar-refractivity contribution is 0.555. The van der Waals surface area contributed by atoms with Crippen LogP contribution in [-0.2, 0) is 0 Å². The van der Waals surface area contributed by atoms with Crippen molar-refractivity contribution in [1.29, 1.82) is 0 Å². The molecule has 4 N–H and O–H groups in total. The Labute approximate surface area is 91.6 Å². The van der Waals surface area contributed by atoms with E-state index in [0.29, 0.717) is 11.1 Å². The molecule has 0 saturated heterocycles. The van der Waals surface area contributed by atoms with Crippen LogP contribution < -0.4 is 16.8 Å². The first kappa shape index (κ1) is 9.47. The number of nitrogens with one attached hydrogen (secondary N) is 2. The summed E-state index contributed by atoms with van der Waals surface area (Å²) in [6.07, 6.45) is 2.15. The highest BCUT2D eigenvalue weighted by molar-refractivity contribution is 5.76. The summed E-state index contributed by atoms with van der Waals surface area (Å²) >= 11 is 0. The normalized spacial score (nSPS) is 17.6. The van der Waals surface area contributed by atoms with Gasteiger partial charge in [0, 0.05) is 17.8 Å². The summed E-state index contributed by atoms with van der Waals surface area (Å²) in [4.78, 5) is 13.6. The predicted octanol–water partition coefficient (Wildman–Crippen LogP) is 1.02. The van der Waals surface area contributed by atoms with E-state index in [1.165, 1.54) is 0 Å². The van der Waals surface area contributed by atoms with Crippen molar-refractivity contribution in [1.82, 2.24) is 4.98 Å². The Hall–Kier alpha value is -1.75. The van der Waals surface area contributed by atoms with Crippen LogP contribution in [0, 0.1) is 0 Å². The predicted molar refractivity (Wildman–Crippen MR) is 61.5 cm³/mol. The third-order valence-corrected chi connectivity index (χ3v) is 2.96. The van der Waals surface area contributed by atoms with Gasteiger partial charge in [0.15, 0.2) is 5.58 Å². The molecular formula is C11H13N3O2. The fourth-order valence-corrected chi connectivity index (χ4v) is 1.68. The number of hydrogen-bond donors (Lipinski definition) is 3. The summed E-state index contributed by atoms with van der Waals surface area (Å²) in [5.41, 5.74) is 8.17. The number of nitrogens with two attached hydrogens (primary N) is 1. The van der Waals surface area contributed by atoms with Gasteiger partial charge in [-0.15, -0.1) is 0 Å². The first-order valence-electron chi connectivity index (χ1n) is 5.30. The Kier molecular flexibility index (Phi) is 1.85. The first-order chi connectivity index (χ1) is 7.65. The quantitative estimate of drug-likeness (QED) is 0.719. The van der Waals surface area contributed by atoms with Crippen molar-refractivity contribution in [3.63, 3.8) is 0 Å². The molecule has 0 unspecified atom stereocenters. The second kappa shape index (κ2) is 3.12. The highest BCUT2D eigenvalue weighted by atomic mass is 16.4. The molecule has 1 heterocycles. The van der Waals surface area contributed by atoms with Crippen molar-refractivity contribution >= 4 is 16.8 Å². The maximum Gasteiger partial charge on any atom is 0.417 e. The highest BCUT2D eigenvalue weighted by Gasteiger charge is 2.37. The van der Waals surface area contributed by atoms with Gasteiger partial charge in [-0.1, -0.05) is 0 Å². The lowest BCUT2D eigenvalue weighted by atomic mass is 10.2. The summed E-state index contributed by atoms with van der Waals surface area (Å²) in [5.74, 6) is -0.426. The van der Waals surface area contributed by atoms with Gasteiger partial charge < -0.3 is 15.5 Å². The standard InChI is InChI=1S/C11H13N3O2/c12-11(3-4-11)6-13-7-1-2-9-8(5-7)14-10(15)16-9/h1-2,5,13H,3-4,6,12H2,(H,14,15). The lowest BCUT2D eigenvalue weighted by Gasteiger charge is -2.11. The minimum Gasteiger partial charge on any atom is -0.408 e. The fraction of sp³-hybridized carbons (Fsp3) is 0.364. The molecule has 2 aromatic rings. The van der Waals surface area contributed by atoms with E-state index in [1.54, 1.807) is 6.07 Å². The molecule has 0 aliphatic heterocycles. The molecule has 1 saturated carbocycles. The summed E-state index contributed by atoms with van der Waals surface area (Å²) in [6.45, 7) is 0.764.